The first-order valence-electron chi connectivity index (χ1n) is 11.6. The quantitative estimate of drug-likeness (QED) is 0.434. The summed E-state index contributed by atoms with van der Waals surface area (Å²) in [6.07, 6.45) is 6.97. The zero-order chi connectivity index (χ0) is 24.4. The summed E-state index contributed by atoms with van der Waals surface area (Å²) in [6, 6.07) is 7.46. The molecule has 1 aliphatic heterocycles. The number of amides is 2. The van der Waals surface area contributed by atoms with E-state index in [2.05, 4.69) is 15.6 Å². The van der Waals surface area contributed by atoms with E-state index in [1.807, 2.05) is 40.6 Å². The molecule has 4 aromatic rings. The summed E-state index contributed by atoms with van der Waals surface area (Å²) in [5.74, 6) is 1.20. The Morgan fingerprint density at radius 2 is 2.14 bits per heavy atom. The largest absolute Gasteiger partial charge is 0.452 e. The molecule has 182 valence electrons. The molecule has 11 heteroatoms. The number of nitrogens with one attached hydrogen (secondary N) is 1. The minimum atomic E-state index is -0.386. The van der Waals surface area contributed by atoms with E-state index in [4.69, 9.17) is 14.2 Å². The number of benzene rings is 1. The third-order valence-electron chi connectivity index (χ3n) is 6.34. The maximum atomic E-state index is 12.8. The Hall–Kier alpha value is -4.15. The second-order valence-electron chi connectivity index (χ2n) is 8.55. The highest BCUT2D eigenvalue weighted by atomic mass is 16.5. The van der Waals surface area contributed by atoms with Crippen LogP contribution in [0.2, 0.25) is 0 Å². The number of aryl methyl sites for hydroxylation is 3. The van der Waals surface area contributed by atoms with Crippen LogP contribution in [0.4, 0.5) is 10.5 Å². The van der Waals surface area contributed by atoms with Crippen LogP contribution in [0.25, 0.3) is 11.0 Å². The zero-order valence-electron chi connectivity index (χ0n) is 19.7. The van der Waals surface area contributed by atoms with Gasteiger partial charge in [0.15, 0.2) is 5.76 Å². The monoisotopic (exact) mass is 477 g/mol. The van der Waals surface area contributed by atoms with Crippen LogP contribution in [0.3, 0.4) is 0 Å². The second kappa shape index (κ2) is 9.61. The van der Waals surface area contributed by atoms with Gasteiger partial charge in [-0.25, -0.2) is 9.78 Å². The average Bonchev–Trinajstić information content (AvgIpc) is 3.63. The molecular formula is C24H27N7O4. The van der Waals surface area contributed by atoms with Gasteiger partial charge in [-0.1, -0.05) is 5.16 Å². The van der Waals surface area contributed by atoms with E-state index < -0.39 is 0 Å². The number of anilines is 1. The zero-order valence-corrected chi connectivity index (χ0v) is 19.7. The van der Waals surface area contributed by atoms with Gasteiger partial charge in [0.25, 0.3) is 0 Å². The number of methoxy groups -OCH3 is 1. The Kier molecular flexibility index (Phi) is 6.21. The van der Waals surface area contributed by atoms with E-state index >= 15 is 0 Å². The van der Waals surface area contributed by atoms with E-state index in [9.17, 15) is 9.59 Å². The first-order chi connectivity index (χ1) is 17.0. The molecule has 0 fully saturated rings. The minimum Gasteiger partial charge on any atom is -0.452 e. The summed E-state index contributed by atoms with van der Waals surface area (Å²) in [5, 5.41) is 10.8. The number of carbonyl (C=O) groups excluding carboxylic acids is 2. The van der Waals surface area contributed by atoms with Crippen molar-refractivity contribution in [3.05, 3.63) is 60.0 Å². The summed E-state index contributed by atoms with van der Waals surface area (Å²) in [7, 11) is 1.39. The molecule has 5 rings (SSSR count). The number of aromatic nitrogens is 5. The number of fused-ring (bicyclic) bond motifs is 3. The lowest BCUT2D eigenvalue weighted by Gasteiger charge is -2.34. The smallest absolute Gasteiger partial charge is 0.414 e. The van der Waals surface area contributed by atoms with Gasteiger partial charge >= 0.3 is 6.09 Å². The van der Waals surface area contributed by atoms with Gasteiger partial charge in [0, 0.05) is 43.0 Å². The summed E-state index contributed by atoms with van der Waals surface area (Å²) < 4.78 is 13.9. The van der Waals surface area contributed by atoms with Crippen LogP contribution in [0.15, 0.2) is 47.4 Å². The number of imidazole rings is 1. The van der Waals surface area contributed by atoms with Crippen molar-refractivity contribution in [1.82, 2.24) is 29.8 Å². The summed E-state index contributed by atoms with van der Waals surface area (Å²) >= 11 is 0. The van der Waals surface area contributed by atoms with Crippen LogP contribution >= 0.6 is 0 Å². The van der Waals surface area contributed by atoms with Gasteiger partial charge in [0.05, 0.1) is 36.6 Å². The molecule has 1 aromatic carbocycles. The fourth-order valence-corrected chi connectivity index (χ4v) is 4.59. The molecule has 0 radical (unpaired) electrons. The van der Waals surface area contributed by atoms with E-state index in [0.717, 1.165) is 41.0 Å². The molecule has 1 aliphatic rings. The van der Waals surface area contributed by atoms with Crippen LogP contribution in [0.1, 0.15) is 30.5 Å². The van der Waals surface area contributed by atoms with Crippen LogP contribution < -0.4 is 10.2 Å². The Morgan fingerprint density at radius 1 is 1.26 bits per heavy atom. The summed E-state index contributed by atoms with van der Waals surface area (Å²) in [5.41, 5.74) is 3.46. The first-order valence-corrected chi connectivity index (χ1v) is 11.6. The van der Waals surface area contributed by atoms with E-state index in [1.165, 1.54) is 7.11 Å². The van der Waals surface area contributed by atoms with Crippen molar-refractivity contribution in [3.8, 4) is 0 Å². The lowest BCUT2D eigenvalue weighted by atomic mass is 9.96. The van der Waals surface area contributed by atoms with Gasteiger partial charge in [-0.2, -0.15) is 5.10 Å². The molecule has 1 atom stereocenters. The highest BCUT2D eigenvalue weighted by Gasteiger charge is 2.31. The Balaban J connectivity index is 1.49. The molecule has 3 aromatic heterocycles. The van der Waals surface area contributed by atoms with Gasteiger partial charge in [0.1, 0.15) is 12.4 Å². The van der Waals surface area contributed by atoms with Crippen LogP contribution in [-0.2, 0) is 42.0 Å². The number of rotatable bonds is 7. The third-order valence-corrected chi connectivity index (χ3v) is 6.34. The van der Waals surface area contributed by atoms with Crippen molar-refractivity contribution in [1.29, 1.82) is 0 Å². The van der Waals surface area contributed by atoms with Gasteiger partial charge in [-0.15, -0.1) is 0 Å². The molecule has 0 spiro atoms. The highest BCUT2D eigenvalue weighted by Crippen LogP contribution is 2.36. The maximum Gasteiger partial charge on any atom is 0.414 e. The van der Waals surface area contributed by atoms with E-state index in [0.29, 0.717) is 18.7 Å². The topological polar surface area (TPSA) is 120 Å². The molecule has 1 N–H and O–H groups in total. The number of hydrogen-bond donors (Lipinski definition) is 1. The van der Waals surface area contributed by atoms with Crippen LogP contribution in [0, 0.1) is 0 Å². The fraction of sp³-hybridized carbons (Fsp3) is 0.375. The SMILES string of the molecule is COC(=O)N1c2ccc3c(nc(CCn4cccn4)n3CC(=O)NCc3ccno3)c2CC[C@@H]1C. The maximum absolute atomic E-state index is 12.8. The van der Waals surface area contributed by atoms with Gasteiger partial charge in [-0.3, -0.25) is 14.4 Å². The molecular weight excluding hydrogens is 450 g/mol. The van der Waals surface area contributed by atoms with Crippen LogP contribution in [0.5, 0.6) is 0 Å². The third kappa shape index (κ3) is 4.48. The van der Waals surface area contributed by atoms with Gasteiger partial charge in [-0.05, 0) is 38.0 Å². The molecule has 0 unspecified atom stereocenters. The standard InChI is InChI=1S/C24H27N7O4/c1-16-4-5-18-19(31(16)24(33)34-2)6-7-20-23(18)28-21(9-13-29-12-3-10-26-29)30(20)15-22(32)25-14-17-8-11-27-35-17/h3,6-8,10-12,16H,4-5,9,13-15H2,1-2H3,(H,25,32)/t16-/m0/s1. The normalized spacial score (nSPS) is 15.3. The molecule has 0 saturated carbocycles. The number of nitrogens with zero attached hydrogens (tertiary/aromatic N) is 6. The molecule has 2 amide bonds. The summed E-state index contributed by atoms with van der Waals surface area (Å²) in [4.78, 5) is 32.0. The predicted molar refractivity (Wildman–Crippen MR) is 127 cm³/mol. The van der Waals surface area contributed by atoms with Crippen molar-refractivity contribution in [2.24, 2.45) is 0 Å². The Labute approximate surface area is 201 Å². The number of carbonyl (C=O) groups is 2. The van der Waals surface area contributed by atoms with E-state index in [1.54, 1.807) is 23.4 Å². The van der Waals surface area contributed by atoms with Crippen molar-refractivity contribution in [3.63, 3.8) is 0 Å². The molecule has 11 nitrogen and oxygen atoms in total. The Morgan fingerprint density at radius 3 is 2.89 bits per heavy atom. The van der Waals surface area contributed by atoms with Crippen LogP contribution in [-0.4, -0.2) is 49.6 Å². The number of ether oxygens (including phenoxy) is 1. The van der Waals surface area contributed by atoms with E-state index in [-0.39, 0.29) is 31.1 Å². The predicted octanol–water partition coefficient (Wildman–Crippen LogP) is 2.69. The lowest BCUT2D eigenvalue weighted by Crippen LogP contribution is -2.42. The number of hydrogen-bond acceptors (Lipinski definition) is 7. The van der Waals surface area contributed by atoms with Crippen molar-refractivity contribution >= 4 is 28.7 Å². The van der Waals surface area contributed by atoms with Gasteiger partial charge in [0.2, 0.25) is 5.91 Å². The van der Waals surface area contributed by atoms with Gasteiger partial charge < -0.3 is 19.1 Å². The van der Waals surface area contributed by atoms with Crippen molar-refractivity contribution < 1.29 is 18.8 Å². The average molecular weight is 478 g/mol. The molecule has 35 heavy (non-hydrogen) atoms. The highest BCUT2D eigenvalue weighted by molar-refractivity contribution is 5.95. The molecule has 0 saturated heterocycles. The lowest BCUT2D eigenvalue weighted by molar-refractivity contribution is -0.121. The molecule has 0 aliphatic carbocycles. The minimum absolute atomic E-state index is 0.0237. The molecule has 4 heterocycles. The summed E-state index contributed by atoms with van der Waals surface area (Å²) in [6.45, 7) is 3.00. The molecule has 0 bridgehead atoms. The fourth-order valence-electron chi connectivity index (χ4n) is 4.59. The Bertz CT molecular complexity index is 1330. The van der Waals surface area contributed by atoms with Crippen molar-refractivity contribution in [2.45, 2.75) is 51.9 Å². The second-order valence-corrected chi connectivity index (χ2v) is 8.55. The van der Waals surface area contributed by atoms with Crippen molar-refractivity contribution in [2.75, 3.05) is 12.0 Å². The first kappa shape index (κ1) is 22.6.